The Balaban J connectivity index is 1.86. The SMILES string of the molecule is O=C(C[C@@H]1CCS(=O)(=O)C1)N/N=C\c1cc(Br)ccc1F. The lowest BCUT2D eigenvalue weighted by molar-refractivity contribution is -0.121. The first-order chi connectivity index (χ1) is 9.85. The molecule has 2 rings (SSSR count). The molecule has 1 aliphatic rings. The molecule has 0 saturated carbocycles. The van der Waals surface area contributed by atoms with Gasteiger partial charge in [-0.15, -0.1) is 0 Å². The van der Waals surface area contributed by atoms with Crippen LogP contribution in [0.2, 0.25) is 0 Å². The average Bonchev–Trinajstić information content (AvgIpc) is 2.73. The average molecular weight is 377 g/mol. The minimum absolute atomic E-state index is 0.0460. The van der Waals surface area contributed by atoms with E-state index in [0.717, 1.165) is 0 Å². The lowest BCUT2D eigenvalue weighted by atomic mass is 10.1. The number of benzene rings is 1. The number of nitrogens with one attached hydrogen (secondary N) is 1. The minimum Gasteiger partial charge on any atom is -0.273 e. The van der Waals surface area contributed by atoms with Crippen molar-refractivity contribution in [2.45, 2.75) is 12.8 Å². The number of carbonyl (C=O) groups excluding carboxylic acids is 1. The quantitative estimate of drug-likeness (QED) is 0.643. The number of rotatable bonds is 4. The molecule has 0 aliphatic carbocycles. The van der Waals surface area contributed by atoms with Gasteiger partial charge in [-0.3, -0.25) is 4.79 Å². The molecule has 1 aromatic rings. The highest BCUT2D eigenvalue weighted by molar-refractivity contribution is 9.10. The highest BCUT2D eigenvalue weighted by Crippen LogP contribution is 2.21. The number of sulfone groups is 1. The van der Waals surface area contributed by atoms with Crippen LogP contribution in [0.5, 0.6) is 0 Å². The van der Waals surface area contributed by atoms with Crippen LogP contribution in [-0.4, -0.2) is 32.0 Å². The van der Waals surface area contributed by atoms with Crippen LogP contribution in [0.25, 0.3) is 0 Å². The lowest BCUT2D eigenvalue weighted by Crippen LogP contribution is -2.21. The van der Waals surface area contributed by atoms with E-state index in [-0.39, 0.29) is 35.3 Å². The van der Waals surface area contributed by atoms with Gasteiger partial charge in [0.2, 0.25) is 5.91 Å². The summed E-state index contributed by atoms with van der Waals surface area (Å²) in [6, 6.07) is 4.39. The van der Waals surface area contributed by atoms with Crippen molar-refractivity contribution in [1.29, 1.82) is 0 Å². The molecule has 1 fully saturated rings. The van der Waals surface area contributed by atoms with Crippen molar-refractivity contribution < 1.29 is 17.6 Å². The van der Waals surface area contributed by atoms with Crippen molar-refractivity contribution in [3.8, 4) is 0 Å². The maximum absolute atomic E-state index is 13.4. The normalized spacial score (nSPS) is 20.8. The van der Waals surface area contributed by atoms with Crippen LogP contribution in [0.15, 0.2) is 27.8 Å². The predicted molar refractivity (Wildman–Crippen MR) is 81.2 cm³/mol. The van der Waals surface area contributed by atoms with E-state index in [4.69, 9.17) is 0 Å². The summed E-state index contributed by atoms with van der Waals surface area (Å²) in [5, 5.41) is 3.69. The number of halogens is 2. The van der Waals surface area contributed by atoms with Crippen LogP contribution in [0.3, 0.4) is 0 Å². The lowest BCUT2D eigenvalue weighted by Gasteiger charge is -2.05. The third-order valence-corrected chi connectivity index (χ3v) is 5.48. The first-order valence-corrected chi connectivity index (χ1v) is 8.94. The molecule has 0 spiro atoms. The molecule has 0 radical (unpaired) electrons. The van der Waals surface area contributed by atoms with Gasteiger partial charge >= 0.3 is 0 Å². The Labute approximate surface area is 130 Å². The van der Waals surface area contributed by atoms with Crippen LogP contribution >= 0.6 is 15.9 Å². The predicted octanol–water partition coefficient (Wildman–Crippen LogP) is 1.86. The summed E-state index contributed by atoms with van der Waals surface area (Å²) >= 11 is 3.21. The smallest absolute Gasteiger partial charge is 0.240 e. The number of hydrogen-bond donors (Lipinski definition) is 1. The number of carbonyl (C=O) groups is 1. The van der Waals surface area contributed by atoms with Crippen molar-refractivity contribution in [2.75, 3.05) is 11.5 Å². The number of hydrazone groups is 1. The molecule has 0 aromatic heterocycles. The Hall–Kier alpha value is -1.28. The molecular formula is C13H14BrFN2O3S. The zero-order valence-electron chi connectivity index (χ0n) is 11.1. The van der Waals surface area contributed by atoms with Crippen LogP contribution in [0.4, 0.5) is 4.39 Å². The van der Waals surface area contributed by atoms with E-state index in [9.17, 15) is 17.6 Å². The fraction of sp³-hybridized carbons (Fsp3) is 0.385. The zero-order valence-corrected chi connectivity index (χ0v) is 13.5. The van der Waals surface area contributed by atoms with Gasteiger partial charge in [-0.1, -0.05) is 15.9 Å². The zero-order chi connectivity index (χ0) is 15.5. The Morgan fingerprint density at radius 2 is 2.29 bits per heavy atom. The molecule has 1 heterocycles. The van der Waals surface area contributed by atoms with Gasteiger partial charge in [0, 0.05) is 16.5 Å². The number of nitrogens with zero attached hydrogens (tertiary/aromatic N) is 1. The van der Waals surface area contributed by atoms with Gasteiger partial charge in [-0.25, -0.2) is 18.2 Å². The molecule has 0 bridgehead atoms. The highest BCUT2D eigenvalue weighted by Gasteiger charge is 2.29. The van der Waals surface area contributed by atoms with Crippen molar-refractivity contribution in [3.05, 3.63) is 34.1 Å². The second-order valence-electron chi connectivity index (χ2n) is 4.93. The molecule has 21 heavy (non-hydrogen) atoms. The fourth-order valence-electron chi connectivity index (χ4n) is 2.13. The first-order valence-electron chi connectivity index (χ1n) is 6.33. The van der Waals surface area contributed by atoms with Gasteiger partial charge in [0.1, 0.15) is 5.82 Å². The maximum atomic E-state index is 13.4. The van der Waals surface area contributed by atoms with Gasteiger partial charge in [0.25, 0.3) is 0 Å². The summed E-state index contributed by atoms with van der Waals surface area (Å²) in [6.45, 7) is 0. The molecule has 1 atom stereocenters. The summed E-state index contributed by atoms with van der Waals surface area (Å²) < 4.78 is 36.7. The van der Waals surface area contributed by atoms with E-state index in [1.807, 2.05) is 0 Å². The van der Waals surface area contributed by atoms with Crippen molar-refractivity contribution in [3.63, 3.8) is 0 Å². The Morgan fingerprint density at radius 1 is 1.52 bits per heavy atom. The molecule has 114 valence electrons. The van der Waals surface area contributed by atoms with Crippen LogP contribution in [0.1, 0.15) is 18.4 Å². The number of amides is 1. The summed E-state index contributed by atoms with van der Waals surface area (Å²) in [7, 11) is -2.99. The molecule has 8 heteroatoms. The van der Waals surface area contributed by atoms with Gasteiger partial charge in [0.15, 0.2) is 9.84 Å². The van der Waals surface area contributed by atoms with E-state index in [1.54, 1.807) is 6.07 Å². The molecule has 1 aromatic carbocycles. The van der Waals surface area contributed by atoms with Gasteiger partial charge in [0.05, 0.1) is 17.7 Å². The van der Waals surface area contributed by atoms with Gasteiger partial charge < -0.3 is 0 Å². The molecule has 0 unspecified atom stereocenters. The molecule has 1 aliphatic heterocycles. The fourth-order valence-corrected chi connectivity index (χ4v) is 4.37. The van der Waals surface area contributed by atoms with Crippen LogP contribution in [-0.2, 0) is 14.6 Å². The second-order valence-corrected chi connectivity index (χ2v) is 8.08. The van der Waals surface area contributed by atoms with Crippen LogP contribution in [0, 0.1) is 11.7 Å². The highest BCUT2D eigenvalue weighted by atomic mass is 79.9. The van der Waals surface area contributed by atoms with E-state index >= 15 is 0 Å². The summed E-state index contributed by atoms with van der Waals surface area (Å²) in [4.78, 5) is 11.6. The van der Waals surface area contributed by atoms with Crippen molar-refractivity contribution in [2.24, 2.45) is 11.0 Å². The number of hydrogen-bond acceptors (Lipinski definition) is 4. The van der Waals surface area contributed by atoms with Gasteiger partial charge in [-0.05, 0) is 30.5 Å². The van der Waals surface area contributed by atoms with E-state index in [0.29, 0.717) is 10.9 Å². The molecular weight excluding hydrogens is 363 g/mol. The second kappa shape index (κ2) is 6.65. The summed E-state index contributed by atoms with van der Waals surface area (Å²) in [5.41, 5.74) is 2.53. The third-order valence-electron chi connectivity index (χ3n) is 3.15. The molecule has 1 N–H and O–H groups in total. The third kappa shape index (κ3) is 4.89. The summed E-state index contributed by atoms with van der Waals surface area (Å²) in [5.74, 6) is -0.795. The maximum Gasteiger partial charge on any atom is 0.240 e. The Kier molecular flexibility index (Phi) is 5.10. The minimum atomic E-state index is -2.99. The Bertz CT molecular complexity index is 676. The standard InChI is InChI=1S/C13H14BrFN2O3S/c14-11-1-2-12(15)10(6-11)7-16-17-13(18)5-9-3-4-21(19,20)8-9/h1-2,6-7,9H,3-5,8H2,(H,17,18)/b16-7-/t9-/m0/s1. The van der Waals surface area contributed by atoms with E-state index in [2.05, 4.69) is 26.5 Å². The first kappa shape index (κ1) is 16.1. The van der Waals surface area contributed by atoms with Crippen molar-refractivity contribution in [1.82, 2.24) is 5.43 Å². The van der Waals surface area contributed by atoms with E-state index < -0.39 is 15.7 Å². The largest absolute Gasteiger partial charge is 0.273 e. The van der Waals surface area contributed by atoms with Crippen molar-refractivity contribution >= 4 is 37.9 Å². The molecule has 1 amide bonds. The van der Waals surface area contributed by atoms with E-state index in [1.165, 1.54) is 18.3 Å². The molecule has 5 nitrogen and oxygen atoms in total. The summed E-state index contributed by atoms with van der Waals surface area (Å²) in [6.07, 6.45) is 1.82. The van der Waals surface area contributed by atoms with Crippen LogP contribution < -0.4 is 5.43 Å². The monoisotopic (exact) mass is 376 g/mol. The van der Waals surface area contributed by atoms with Gasteiger partial charge in [-0.2, -0.15) is 5.10 Å². The topological polar surface area (TPSA) is 75.6 Å². The molecule has 1 saturated heterocycles. The Morgan fingerprint density at radius 3 is 2.95 bits per heavy atom.